The average molecular weight is 511 g/mol. The van der Waals surface area contributed by atoms with Crippen LogP contribution in [0.2, 0.25) is 10.0 Å². The van der Waals surface area contributed by atoms with Crippen molar-refractivity contribution >= 4 is 41.2 Å². The van der Waals surface area contributed by atoms with E-state index in [9.17, 15) is 9.59 Å². The predicted octanol–water partition coefficient (Wildman–Crippen LogP) is 5.45. The van der Waals surface area contributed by atoms with E-state index in [-0.39, 0.29) is 42.1 Å². The SMILES string of the molecule is C=CCc1cc(C=NN2C(=O)[C@@H]3[C@H](C2=O)[C@H]2C=C[C@H]3C2)cc(OC)c1OCc1ccc(Cl)c(Cl)c1. The summed E-state index contributed by atoms with van der Waals surface area (Å²) in [5.41, 5.74) is 2.37. The third-order valence-corrected chi connectivity index (χ3v) is 7.61. The molecule has 1 saturated heterocycles. The fraction of sp³-hybridized carbons (Fsp3) is 0.296. The van der Waals surface area contributed by atoms with E-state index in [0.29, 0.717) is 33.5 Å². The molecule has 4 atom stereocenters. The molecule has 1 saturated carbocycles. The molecule has 2 bridgehead atoms. The largest absolute Gasteiger partial charge is 0.493 e. The van der Waals surface area contributed by atoms with Gasteiger partial charge in [0.15, 0.2) is 11.5 Å². The molecule has 0 aromatic heterocycles. The van der Waals surface area contributed by atoms with Crippen molar-refractivity contribution in [3.05, 3.63) is 81.9 Å². The van der Waals surface area contributed by atoms with Crippen LogP contribution in [0.4, 0.5) is 0 Å². The van der Waals surface area contributed by atoms with E-state index >= 15 is 0 Å². The molecule has 6 nitrogen and oxygen atoms in total. The van der Waals surface area contributed by atoms with Gasteiger partial charge in [-0.2, -0.15) is 10.1 Å². The zero-order valence-electron chi connectivity index (χ0n) is 19.1. The quantitative estimate of drug-likeness (QED) is 0.269. The molecule has 2 amide bonds. The number of hydrogen-bond acceptors (Lipinski definition) is 5. The molecule has 1 heterocycles. The normalized spacial score (nSPS) is 24.5. The topological polar surface area (TPSA) is 68.2 Å². The summed E-state index contributed by atoms with van der Waals surface area (Å²) in [4.78, 5) is 25.8. The fourth-order valence-corrected chi connectivity index (χ4v) is 5.61. The summed E-state index contributed by atoms with van der Waals surface area (Å²) < 4.78 is 11.7. The Morgan fingerprint density at radius 3 is 2.43 bits per heavy atom. The van der Waals surface area contributed by atoms with Gasteiger partial charge in [0.1, 0.15) is 6.61 Å². The number of ether oxygens (including phenoxy) is 2. The molecule has 2 aromatic carbocycles. The Balaban J connectivity index is 1.38. The average Bonchev–Trinajstić information content (AvgIpc) is 3.53. The van der Waals surface area contributed by atoms with Gasteiger partial charge < -0.3 is 9.47 Å². The minimum atomic E-state index is -0.280. The van der Waals surface area contributed by atoms with Crippen molar-refractivity contribution in [1.29, 1.82) is 0 Å². The summed E-state index contributed by atoms with van der Waals surface area (Å²) in [5.74, 6) is 0.377. The number of hydrogen-bond donors (Lipinski definition) is 0. The molecule has 2 fully saturated rings. The molecule has 0 spiro atoms. The maximum atomic E-state index is 12.9. The van der Waals surface area contributed by atoms with Crippen molar-refractivity contribution in [3.8, 4) is 11.5 Å². The Kier molecular flexibility index (Phi) is 6.43. The third kappa shape index (κ3) is 4.26. The molecule has 0 unspecified atom stereocenters. The van der Waals surface area contributed by atoms with E-state index < -0.39 is 0 Å². The third-order valence-electron chi connectivity index (χ3n) is 6.87. The molecule has 180 valence electrons. The first-order valence-corrected chi connectivity index (χ1v) is 12.2. The zero-order valence-corrected chi connectivity index (χ0v) is 20.6. The first-order valence-electron chi connectivity index (χ1n) is 11.4. The van der Waals surface area contributed by atoms with Crippen LogP contribution >= 0.6 is 23.2 Å². The number of fused-ring (bicyclic) bond motifs is 5. The summed E-state index contributed by atoms with van der Waals surface area (Å²) >= 11 is 12.1. The van der Waals surface area contributed by atoms with E-state index in [1.807, 2.05) is 12.1 Å². The lowest BCUT2D eigenvalue weighted by Gasteiger charge is -2.16. The highest BCUT2D eigenvalue weighted by molar-refractivity contribution is 6.42. The number of benzene rings is 2. The smallest absolute Gasteiger partial charge is 0.254 e. The first-order chi connectivity index (χ1) is 16.9. The number of halogens is 2. The first kappa shape index (κ1) is 23.6. The molecule has 0 N–H and O–H groups in total. The maximum Gasteiger partial charge on any atom is 0.254 e. The molecule has 0 radical (unpaired) electrons. The van der Waals surface area contributed by atoms with Crippen LogP contribution in [0.5, 0.6) is 11.5 Å². The Bertz CT molecular complexity index is 1240. The van der Waals surface area contributed by atoms with Crippen molar-refractivity contribution < 1.29 is 19.1 Å². The monoisotopic (exact) mass is 510 g/mol. The predicted molar refractivity (Wildman–Crippen MR) is 135 cm³/mol. The number of carbonyl (C=O) groups is 2. The molecular weight excluding hydrogens is 487 g/mol. The van der Waals surface area contributed by atoms with Gasteiger partial charge in [-0.3, -0.25) is 9.59 Å². The van der Waals surface area contributed by atoms with Gasteiger partial charge in [0.2, 0.25) is 0 Å². The standard InChI is InChI=1S/C27H24Cl2N2O4/c1-3-4-19-9-16(11-22(34-2)25(19)35-14-15-5-8-20(28)21(29)10-15)13-30-31-26(32)23-17-6-7-18(12-17)24(23)27(31)33/h3,5-11,13,17-18,23-24H,1,4,12,14H2,2H3/t17-,18-,23-,24+/m0/s1. The second-order valence-corrected chi connectivity index (χ2v) is 9.79. The van der Waals surface area contributed by atoms with Gasteiger partial charge in [-0.25, -0.2) is 0 Å². The number of hydrazone groups is 1. The number of amides is 2. The van der Waals surface area contributed by atoms with Crippen LogP contribution < -0.4 is 9.47 Å². The Morgan fingerprint density at radius 2 is 1.80 bits per heavy atom. The number of allylic oxidation sites excluding steroid dienone is 3. The van der Waals surface area contributed by atoms with Crippen LogP contribution in [-0.4, -0.2) is 30.1 Å². The second-order valence-electron chi connectivity index (χ2n) is 8.97. The molecule has 35 heavy (non-hydrogen) atoms. The summed E-state index contributed by atoms with van der Waals surface area (Å²) in [6.45, 7) is 4.10. The van der Waals surface area contributed by atoms with Crippen LogP contribution in [0.3, 0.4) is 0 Å². The van der Waals surface area contributed by atoms with E-state index in [2.05, 4.69) is 23.8 Å². The second kappa shape index (κ2) is 9.51. The lowest BCUT2D eigenvalue weighted by Crippen LogP contribution is -2.28. The molecule has 5 rings (SSSR count). The van der Waals surface area contributed by atoms with Crippen LogP contribution in [-0.2, 0) is 22.6 Å². The summed E-state index contributed by atoms with van der Waals surface area (Å²) in [7, 11) is 1.55. The van der Waals surface area contributed by atoms with Crippen LogP contribution in [0.15, 0.2) is 60.2 Å². The highest BCUT2D eigenvalue weighted by Gasteiger charge is 2.59. The molecule has 8 heteroatoms. The van der Waals surface area contributed by atoms with E-state index in [4.69, 9.17) is 32.7 Å². The van der Waals surface area contributed by atoms with Gasteiger partial charge in [0.05, 0.1) is 35.2 Å². The van der Waals surface area contributed by atoms with Crippen LogP contribution in [0.25, 0.3) is 0 Å². The highest BCUT2D eigenvalue weighted by Crippen LogP contribution is 2.52. The van der Waals surface area contributed by atoms with Gasteiger partial charge >= 0.3 is 0 Å². The van der Waals surface area contributed by atoms with Crippen molar-refractivity contribution in [2.45, 2.75) is 19.4 Å². The summed E-state index contributed by atoms with van der Waals surface area (Å²) in [6.07, 6.45) is 8.82. The van der Waals surface area contributed by atoms with Crippen LogP contribution in [0.1, 0.15) is 23.1 Å². The van der Waals surface area contributed by atoms with E-state index in [0.717, 1.165) is 22.6 Å². The molecule has 2 aliphatic carbocycles. The number of methoxy groups -OCH3 is 1. The molecular formula is C27H24Cl2N2O4. The lowest BCUT2D eigenvalue weighted by molar-refractivity contribution is -0.140. The Hall–Kier alpha value is -3.09. The van der Waals surface area contributed by atoms with Crippen LogP contribution in [0, 0.1) is 23.7 Å². The number of nitrogens with zero attached hydrogens (tertiary/aromatic N) is 2. The van der Waals surface area contributed by atoms with Gasteiger partial charge in [-0.05, 0) is 60.1 Å². The molecule has 3 aliphatic rings. The minimum absolute atomic E-state index is 0.146. The summed E-state index contributed by atoms with van der Waals surface area (Å²) in [5, 5.41) is 6.26. The molecule has 2 aromatic rings. The van der Waals surface area contributed by atoms with Crippen molar-refractivity contribution in [1.82, 2.24) is 5.01 Å². The number of carbonyl (C=O) groups excluding carboxylic acids is 2. The summed E-state index contributed by atoms with van der Waals surface area (Å²) in [6, 6.07) is 8.97. The Labute approximate surface area is 213 Å². The zero-order chi connectivity index (χ0) is 24.7. The maximum absolute atomic E-state index is 12.9. The highest BCUT2D eigenvalue weighted by atomic mass is 35.5. The van der Waals surface area contributed by atoms with Gasteiger partial charge in [0.25, 0.3) is 11.8 Å². The van der Waals surface area contributed by atoms with E-state index in [1.165, 1.54) is 6.21 Å². The van der Waals surface area contributed by atoms with Gasteiger partial charge in [-0.1, -0.05) is 47.5 Å². The minimum Gasteiger partial charge on any atom is -0.493 e. The Morgan fingerprint density at radius 1 is 1.09 bits per heavy atom. The van der Waals surface area contributed by atoms with Gasteiger partial charge in [0, 0.05) is 5.56 Å². The van der Waals surface area contributed by atoms with E-state index in [1.54, 1.807) is 31.4 Å². The number of imide groups is 1. The van der Waals surface area contributed by atoms with Gasteiger partial charge in [-0.15, -0.1) is 6.58 Å². The van der Waals surface area contributed by atoms with Crippen molar-refractivity contribution in [2.24, 2.45) is 28.8 Å². The van der Waals surface area contributed by atoms with Crippen molar-refractivity contribution in [3.63, 3.8) is 0 Å². The van der Waals surface area contributed by atoms with Crippen molar-refractivity contribution in [2.75, 3.05) is 7.11 Å². The number of rotatable bonds is 8. The fourth-order valence-electron chi connectivity index (χ4n) is 5.29. The molecule has 1 aliphatic heterocycles. The lowest BCUT2D eigenvalue weighted by atomic mass is 9.85.